The van der Waals surface area contributed by atoms with Gasteiger partial charge in [-0.05, 0) is 31.2 Å². The Morgan fingerprint density at radius 2 is 1.92 bits per heavy atom. The van der Waals surface area contributed by atoms with Crippen molar-refractivity contribution < 1.29 is 13.6 Å². The summed E-state index contributed by atoms with van der Waals surface area (Å²) in [7, 11) is 0. The van der Waals surface area contributed by atoms with E-state index in [0.717, 1.165) is 38.1 Å². The van der Waals surface area contributed by atoms with Crippen molar-refractivity contribution in [2.45, 2.75) is 13.0 Å². The molecular formula is C19H21N3O4. The fraction of sp³-hybridized carbons (Fsp3) is 0.368. The van der Waals surface area contributed by atoms with Crippen molar-refractivity contribution in [2.24, 2.45) is 0 Å². The highest BCUT2D eigenvalue weighted by molar-refractivity contribution is 5.93. The van der Waals surface area contributed by atoms with Crippen LogP contribution in [0.4, 0.5) is 0 Å². The molecule has 4 rings (SSSR count). The molecule has 0 bridgehead atoms. The Balaban J connectivity index is 1.38. The van der Waals surface area contributed by atoms with Crippen molar-refractivity contribution in [3.05, 3.63) is 59.0 Å². The Labute approximate surface area is 150 Å². The molecule has 0 unspecified atom stereocenters. The van der Waals surface area contributed by atoms with E-state index in [1.807, 2.05) is 23.1 Å². The highest BCUT2D eigenvalue weighted by Crippen LogP contribution is 2.13. The van der Waals surface area contributed by atoms with Gasteiger partial charge in [0.05, 0.1) is 17.3 Å². The number of para-hydroxylation sites is 2. The molecule has 3 aromatic rings. The SMILES string of the molecule is O=C(c1ccoc1)N1CCCN(CCn2c(=O)oc3ccccc32)CC1. The Bertz CT molecular complexity index is 941. The second-order valence-corrected chi connectivity index (χ2v) is 6.49. The normalized spacial score (nSPS) is 16.1. The number of carbonyl (C=O) groups is 1. The van der Waals surface area contributed by atoms with Crippen molar-refractivity contribution >= 4 is 17.0 Å². The molecule has 1 saturated heterocycles. The van der Waals surface area contributed by atoms with Gasteiger partial charge in [-0.2, -0.15) is 0 Å². The maximum Gasteiger partial charge on any atom is 0.419 e. The molecule has 26 heavy (non-hydrogen) atoms. The lowest BCUT2D eigenvalue weighted by Crippen LogP contribution is -2.36. The summed E-state index contributed by atoms with van der Waals surface area (Å²) in [5.41, 5.74) is 2.03. The van der Waals surface area contributed by atoms with Gasteiger partial charge in [-0.1, -0.05) is 12.1 Å². The highest BCUT2D eigenvalue weighted by atomic mass is 16.4. The van der Waals surface area contributed by atoms with Crippen molar-refractivity contribution in [1.82, 2.24) is 14.4 Å². The van der Waals surface area contributed by atoms with Gasteiger partial charge in [-0.15, -0.1) is 0 Å². The van der Waals surface area contributed by atoms with Crippen LogP contribution < -0.4 is 5.76 Å². The number of hydrogen-bond donors (Lipinski definition) is 0. The Kier molecular flexibility index (Phi) is 4.62. The predicted molar refractivity (Wildman–Crippen MR) is 96.1 cm³/mol. The second kappa shape index (κ2) is 7.21. The molecule has 0 atom stereocenters. The molecule has 136 valence electrons. The maximum atomic E-state index is 12.4. The van der Waals surface area contributed by atoms with Gasteiger partial charge < -0.3 is 13.7 Å². The standard InChI is InChI=1S/C19H21N3O4/c23-18(15-6-13-25-14-15)21-8-3-7-20(9-11-21)10-12-22-16-4-1-2-5-17(16)26-19(22)24/h1-2,4-6,13-14H,3,7-12H2. The molecule has 0 spiro atoms. The van der Waals surface area contributed by atoms with Gasteiger partial charge in [-0.3, -0.25) is 14.3 Å². The smallest absolute Gasteiger partial charge is 0.419 e. The summed E-state index contributed by atoms with van der Waals surface area (Å²) in [6.07, 6.45) is 3.91. The van der Waals surface area contributed by atoms with E-state index in [0.29, 0.717) is 24.2 Å². The molecular weight excluding hydrogens is 334 g/mol. The number of fused-ring (bicyclic) bond motifs is 1. The van der Waals surface area contributed by atoms with E-state index >= 15 is 0 Å². The van der Waals surface area contributed by atoms with Crippen LogP contribution in [-0.4, -0.2) is 53.0 Å². The van der Waals surface area contributed by atoms with Gasteiger partial charge in [0.15, 0.2) is 5.58 Å². The number of rotatable bonds is 4. The fourth-order valence-corrected chi connectivity index (χ4v) is 3.43. The van der Waals surface area contributed by atoms with Crippen LogP contribution >= 0.6 is 0 Å². The van der Waals surface area contributed by atoms with Crippen LogP contribution in [0.3, 0.4) is 0 Å². The van der Waals surface area contributed by atoms with E-state index in [1.165, 1.54) is 12.5 Å². The molecule has 1 aliphatic heterocycles. The average Bonchev–Trinajstić information content (AvgIpc) is 3.22. The second-order valence-electron chi connectivity index (χ2n) is 6.49. The molecule has 1 amide bonds. The zero-order chi connectivity index (χ0) is 17.9. The van der Waals surface area contributed by atoms with Crippen molar-refractivity contribution in [3.8, 4) is 0 Å². The van der Waals surface area contributed by atoms with E-state index in [1.54, 1.807) is 16.7 Å². The first-order chi connectivity index (χ1) is 12.7. The fourth-order valence-electron chi connectivity index (χ4n) is 3.43. The van der Waals surface area contributed by atoms with Crippen LogP contribution in [0, 0.1) is 0 Å². The molecule has 3 heterocycles. The minimum atomic E-state index is -0.321. The molecule has 0 saturated carbocycles. The number of aromatic nitrogens is 1. The first kappa shape index (κ1) is 16.7. The molecule has 0 N–H and O–H groups in total. The number of amides is 1. The van der Waals surface area contributed by atoms with E-state index in [4.69, 9.17) is 8.83 Å². The van der Waals surface area contributed by atoms with Gasteiger partial charge >= 0.3 is 5.76 Å². The zero-order valence-corrected chi connectivity index (χ0v) is 14.5. The zero-order valence-electron chi connectivity index (χ0n) is 14.5. The van der Waals surface area contributed by atoms with E-state index in [-0.39, 0.29) is 11.7 Å². The largest absolute Gasteiger partial charge is 0.472 e. The summed E-state index contributed by atoms with van der Waals surface area (Å²) >= 11 is 0. The summed E-state index contributed by atoms with van der Waals surface area (Å²) in [5, 5.41) is 0. The van der Waals surface area contributed by atoms with E-state index in [9.17, 15) is 9.59 Å². The summed E-state index contributed by atoms with van der Waals surface area (Å²) in [6, 6.07) is 9.16. The maximum absolute atomic E-state index is 12.4. The molecule has 7 nitrogen and oxygen atoms in total. The molecule has 1 aliphatic rings. The van der Waals surface area contributed by atoms with Crippen molar-refractivity contribution in [3.63, 3.8) is 0 Å². The van der Waals surface area contributed by atoms with Gasteiger partial charge in [-0.25, -0.2) is 4.79 Å². The number of benzene rings is 1. The molecule has 0 radical (unpaired) electrons. The lowest BCUT2D eigenvalue weighted by atomic mass is 10.3. The minimum absolute atomic E-state index is 0.0117. The lowest BCUT2D eigenvalue weighted by molar-refractivity contribution is 0.0760. The molecule has 7 heteroatoms. The van der Waals surface area contributed by atoms with Crippen LogP contribution in [0.15, 0.2) is 56.5 Å². The Morgan fingerprint density at radius 3 is 2.77 bits per heavy atom. The first-order valence-corrected chi connectivity index (χ1v) is 8.84. The highest BCUT2D eigenvalue weighted by Gasteiger charge is 2.21. The predicted octanol–water partition coefficient (Wildman–Crippen LogP) is 2.04. The van der Waals surface area contributed by atoms with Crippen LogP contribution in [0.5, 0.6) is 0 Å². The summed E-state index contributed by atoms with van der Waals surface area (Å²) in [4.78, 5) is 28.7. The van der Waals surface area contributed by atoms with E-state index in [2.05, 4.69) is 4.90 Å². The van der Waals surface area contributed by atoms with Crippen LogP contribution in [0.25, 0.3) is 11.1 Å². The number of hydrogen-bond acceptors (Lipinski definition) is 5. The number of furan rings is 1. The van der Waals surface area contributed by atoms with Crippen LogP contribution in [-0.2, 0) is 6.54 Å². The first-order valence-electron chi connectivity index (χ1n) is 8.84. The van der Waals surface area contributed by atoms with Crippen LogP contribution in [0.2, 0.25) is 0 Å². The minimum Gasteiger partial charge on any atom is -0.472 e. The molecule has 0 aliphatic carbocycles. The summed E-state index contributed by atoms with van der Waals surface area (Å²) in [6.45, 7) is 4.41. The topological polar surface area (TPSA) is 71.8 Å². The van der Waals surface area contributed by atoms with E-state index < -0.39 is 0 Å². The van der Waals surface area contributed by atoms with Crippen molar-refractivity contribution in [2.75, 3.05) is 32.7 Å². The number of oxazole rings is 1. The third-order valence-corrected chi connectivity index (χ3v) is 4.86. The Hall–Kier alpha value is -2.80. The average molecular weight is 355 g/mol. The van der Waals surface area contributed by atoms with Gasteiger partial charge in [0, 0.05) is 32.7 Å². The van der Waals surface area contributed by atoms with Gasteiger partial charge in [0.1, 0.15) is 6.26 Å². The lowest BCUT2D eigenvalue weighted by Gasteiger charge is -2.21. The number of nitrogens with zero attached hydrogens (tertiary/aromatic N) is 3. The van der Waals surface area contributed by atoms with Crippen LogP contribution in [0.1, 0.15) is 16.8 Å². The molecule has 2 aromatic heterocycles. The van der Waals surface area contributed by atoms with Crippen molar-refractivity contribution in [1.29, 1.82) is 0 Å². The number of carbonyl (C=O) groups excluding carboxylic acids is 1. The quantitative estimate of drug-likeness (QED) is 0.716. The Morgan fingerprint density at radius 1 is 1.04 bits per heavy atom. The molecule has 1 aromatic carbocycles. The molecule has 1 fully saturated rings. The third-order valence-electron chi connectivity index (χ3n) is 4.86. The van der Waals surface area contributed by atoms with Gasteiger partial charge in [0.25, 0.3) is 5.91 Å². The summed E-state index contributed by atoms with van der Waals surface area (Å²) in [5.74, 6) is -0.310. The third kappa shape index (κ3) is 3.30. The summed E-state index contributed by atoms with van der Waals surface area (Å²) < 4.78 is 12.0. The monoisotopic (exact) mass is 355 g/mol. The van der Waals surface area contributed by atoms with Gasteiger partial charge in [0.2, 0.25) is 0 Å².